The molecule has 4 nitrogen and oxygen atoms in total. The minimum Gasteiger partial charge on any atom is -0.378 e. The maximum atomic E-state index is 5.71. The van der Waals surface area contributed by atoms with Gasteiger partial charge in [0.15, 0.2) is 0 Å². The van der Waals surface area contributed by atoms with Crippen molar-refractivity contribution in [1.29, 1.82) is 0 Å². The highest BCUT2D eigenvalue weighted by Gasteiger charge is 2.25. The first kappa shape index (κ1) is 12.6. The van der Waals surface area contributed by atoms with Gasteiger partial charge in [-0.2, -0.15) is 0 Å². The first-order valence-electron chi connectivity index (χ1n) is 7.11. The van der Waals surface area contributed by atoms with Crippen molar-refractivity contribution in [2.45, 2.75) is 32.4 Å². The second kappa shape index (κ2) is 5.72. The molecule has 2 aromatic heterocycles. The fourth-order valence-corrected chi connectivity index (χ4v) is 2.84. The van der Waals surface area contributed by atoms with Gasteiger partial charge in [0.2, 0.25) is 0 Å². The molecule has 3 heterocycles. The van der Waals surface area contributed by atoms with Crippen molar-refractivity contribution < 1.29 is 4.74 Å². The van der Waals surface area contributed by atoms with Gasteiger partial charge in [-0.05, 0) is 30.9 Å². The van der Waals surface area contributed by atoms with E-state index in [0.29, 0.717) is 12.0 Å². The molecular formula is C15H21N3O. The zero-order valence-electron chi connectivity index (χ0n) is 11.4. The number of hydrogen-bond acceptors (Lipinski definition) is 3. The standard InChI is InChI=1S/C15H21N3O/c1-2-14-12(6-8-19-14)9-16-10-13-11-18-7-4-3-5-15(18)17-13/h3-5,7,11-12,14,16H,2,6,8-10H2,1H3. The summed E-state index contributed by atoms with van der Waals surface area (Å²) in [6.07, 6.45) is 6.85. The molecule has 4 heteroatoms. The Morgan fingerprint density at radius 2 is 2.42 bits per heavy atom. The molecule has 0 aromatic carbocycles. The normalized spacial score (nSPS) is 23.2. The lowest BCUT2D eigenvalue weighted by molar-refractivity contribution is 0.0872. The maximum Gasteiger partial charge on any atom is 0.137 e. The van der Waals surface area contributed by atoms with Crippen LogP contribution in [0.1, 0.15) is 25.5 Å². The highest BCUT2D eigenvalue weighted by atomic mass is 16.5. The van der Waals surface area contributed by atoms with E-state index in [2.05, 4.69) is 27.8 Å². The van der Waals surface area contributed by atoms with Crippen LogP contribution in [-0.2, 0) is 11.3 Å². The van der Waals surface area contributed by atoms with Crippen molar-refractivity contribution >= 4 is 5.65 Å². The van der Waals surface area contributed by atoms with Gasteiger partial charge in [-0.3, -0.25) is 0 Å². The number of hydrogen-bond donors (Lipinski definition) is 1. The van der Waals surface area contributed by atoms with Crippen molar-refractivity contribution in [2.75, 3.05) is 13.2 Å². The Balaban J connectivity index is 1.54. The molecule has 0 amide bonds. The summed E-state index contributed by atoms with van der Waals surface area (Å²) in [5.41, 5.74) is 2.10. The molecule has 2 aromatic rings. The molecule has 1 aliphatic rings. The molecule has 0 aliphatic carbocycles. The summed E-state index contributed by atoms with van der Waals surface area (Å²) in [5, 5.41) is 3.51. The Bertz CT molecular complexity index is 504. The van der Waals surface area contributed by atoms with Crippen LogP contribution in [0, 0.1) is 5.92 Å². The Morgan fingerprint density at radius 3 is 3.26 bits per heavy atom. The molecule has 2 atom stereocenters. The lowest BCUT2D eigenvalue weighted by atomic mass is 10.00. The van der Waals surface area contributed by atoms with Gasteiger partial charge in [0, 0.05) is 32.1 Å². The van der Waals surface area contributed by atoms with E-state index in [-0.39, 0.29) is 0 Å². The van der Waals surface area contributed by atoms with Crippen molar-refractivity contribution in [3.05, 3.63) is 36.3 Å². The monoisotopic (exact) mass is 259 g/mol. The zero-order valence-corrected chi connectivity index (χ0v) is 11.4. The zero-order chi connectivity index (χ0) is 13.1. The Hall–Kier alpha value is -1.39. The average molecular weight is 259 g/mol. The number of aromatic nitrogens is 2. The van der Waals surface area contributed by atoms with Crippen LogP contribution in [-0.4, -0.2) is 28.6 Å². The van der Waals surface area contributed by atoms with Crippen LogP contribution in [0.2, 0.25) is 0 Å². The number of ether oxygens (including phenoxy) is 1. The smallest absolute Gasteiger partial charge is 0.137 e. The second-order valence-electron chi connectivity index (χ2n) is 5.20. The van der Waals surface area contributed by atoms with E-state index in [1.54, 1.807) is 0 Å². The Labute approximate surface area is 113 Å². The summed E-state index contributed by atoms with van der Waals surface area (Å²) in [4.78, 5) is 4.59. The highest BCUT2D eigenvalue weighted by Crippen LogP contribution is 2.22. The summed E-state index contributed by atoms with van der Waals surface area (Å²) < 4.78 is 7.77. The predicted octanol–water partition coefficient (Wildman–Crippen LogP) is 2.24. The van der Waals surface area contributed by atoms with Crippen molar-refractivity contribution in [1.82, 2.24) is 14.7 Å². The fourth-order valence-electron chi connectivity index (χ4n) is 2.84. The quantitative estimate of drug-likeness (QED) is 0.895. The van der Waals surface area contributed by atoms with E-state index in [1.165, 1.54) is 6.42 Å². The van der Waals surface area contributed by atoms with E-state index >= 15 is 0 Å². The largest absolute Gasteiger partial charge is 0.378 e. The number of nitrogens with one attached hydrogen (secondary N) is 1. The Morgan fingerprint density at radius 1 is 1.47 bits per heavy atom. The lowest BCUT2D eigenvalue weighted by Crippen LogP contribution is -2.28. The van der Waals surface area contributed by atoms with Crippen LogP contribution in [0.5, 0.6) is 0 Å². The molecule has 1 N–H and O–H groups in total. The first-order chi connectivity index (χ1) is 9.36. The average Bonchev–Trinajstić information content (AvgIpc) is 3.04. The van der Waals surface area contributed by atoms with E-state index in [9.17, 15) is 0 Å². The van der Waals surface area contributed by atoms with Crippen LogP contribution in [0.3, 0.4) is 0 Å². The molecular weight excluding hydrogens is 238 g/mol. The van der Waals surface area contributed by atoms with Gasteiger partial charge in [0.05, 0.1) is 11.8 Å². The SMILES string of the molecule is CCC1OCCC1CNCc1cn2ccccc2n1. The second-order valence-corrected chi connectivity index (χ2v) is 5.20. The van der Waals surface area contributed by atoms with Crippen LogP contribution >= 0.6 is 0 Å². The number of pyridine rings is 1. The third kappa shape index (κ3) is 2.80. The van der Waals surface area contributed by atoms with Crippen LogP contribution in [0.25, 0.3) is 5.65 Å². The summed E-state index contributed by atoms with van der Waals surface area (Å²) in [5.74, 6) is 0.655. The van der Waals surface area contributed by atoms with Gasteiger partial charge in [-0.1, -0.05) is 13.0 Å². The van der Waals surface area contributed by atoms with Crippen LogP contribution < -0.4 is 5.32 Å². The minimum absolute atomic E-state index is 0.438. The molecule has 2 unspecified atom stereocenters. The molecule has 0 bridgehead atoms. The first-order valence-corrected chi connectivity index (χ1v) is 7.11. The topological polar surface area (TPSA) is 38.6 Å². The summed E-state index contributed by atoms with van der Waals surface area (Å²) in [6, 6.07) is 6.07. The van der Waals surface area contributed by atoms with Crippen LogP contribution in [0.15, 0.2) is 30.6 Å². The number of rotatable bonds is 5. The van der Waals surface area contributed by atoms with E-state index in [1.807, 2.05) is 24.4 Å². The summed E-state index contributed by atoms with van der Waals surface area (Å²) >= 11 is 0. The van der Waals surface area contributed by atoms with E-state index in [0.717, 1.165) is 37.5 Å². The lowest BCUT2D eigenvalue weighted by Gasteiger charge is -2.16. The summed E-state index contributed by atoms with van der Waals surface area (Å²) in [6.45, 7) is 4.96. The number of nitrogens with zero attached hydrogens (tertiary/aromatic N) is 2. The van der Waals surface area contributed by atoms with Gasteiger partial charge in [0.1, 0.15) is 5.65 Å². The molecule has 1 fully saturated rings. The molecule has 0 saturated carbocycles. The maximum absolute atomic E-state index is 5.71. The fraction of sp³-hybridized carbons (Fsp3) is 0.533. The van der Waals surface area contributed by atoms with Crippen LogP contribution in [0.4, 0.5) is 0 Å². The van der Waals surface area contributed by atoms with Crippen molar-refractivity contribution in [3.8, 4) is 0 Å². The van der Waals surface area contributed by atoms with Gasteiger partial charge >= 0.3 is 0 Å². The predicted molar refractivity (Wildman–Crippen MR) is 75.0 cm³/mol. The van der Waals surface area contributed by atoms with Crippen molar-refractivity contribution in [2.24, 2.45) is 5.92 Å². The number of fused-ring (bicyclic) bond motifs is 1. The minimum atomic E-state index is 0.438. The van der Waals surface area contributed by atoms with E-state index < -0.39 is 0 Å². The summed E-state index contributed by atoms with van der Waals surface area (Å²) in [7, 11) is 0. The number of imidazole rings is 1. The third-order valence-electron chi connectivity index (χ3n) is 3.88. The van der Waals surface area contributed by atoms with Gasteiger partial charge in [0.25, 0.3) is 0 Å². The van der Waals surface area contributed by atoms with Gasteiger partial charge < -0.3 is 14.5 Å². The molecule has 0 radical (unpaired) electrons. The molecule has 102 valence electrons. The molecule has 3 rings (SSSR count). The Kier molecular flexibility index (Phi) is 3.80. The molecule has 0 spiro atoms. The molecule has 1 aliphatic heterocycles. The third-order valence-corrected chi connectivity index (χ3v) is 3.88. The highest BCUT2D eigenvalue weighted by molar-refractivity contribution is 5.39. The van der Waals surface area contributed by atoms with E-state index in [4.69, 9.17) is 4.74 Å². The van der Waals surface area contributed by atoms with Gasteiger partial charge in [-0.25, -0.2) is 4.98 Å². The van der Waals surface area contributed by atoms with Crippen molar-refractivity contribution in [3.63, 3.8) is 0 Å². The molecule has 19 heavy (non-hydrogen) atoms. The molecule has 1 saturated heterocycles. The van der Waals surface area contributed by atoms with Gasteiger partial charge in [-0.15, -0.1) is 0 Å².